The van der Waals surface area contributed by atoms with Gasteiger partial charge in [-0.2, -0.15) is 0 Å². The fourth-order valence-corrected chi connectivity index (χ4v) is 2.29. The van der Waals surface area contributed by atoms with Gasteiger partial charge in [0.25, 0.3) is 0 Å². The molecule has 1 N–H and O–H groups in total. The average Bonchev–Trinajstić information content (AvgIpc) is 2.47. The van der Waals surface area contributed by atoms with Gasteiger partial charge in [0.05, 0.1) is 25.5 Å². The summed E-state index contributed by atoms with van der Waals surface area (Å²) in [4.78, 5) is 15.2. The van der Waals surface area contributed by atoms with Crippen LogP contribution in [-0.4, -0.2) is 34.8 Å². The van der Waals surface area contributed by atoms with Crippen molar-refractivity contribution in [2.45, 2.75) is 6.92 Å². The highest BCUT2D eigenvalue weighted by atomic mass is 32.1. The number of nitrogens with zero attached hydrogens (tertiary/aromatic N) is 2. The summed E-state index contributed by atoms with van der Waals surface area (Å²) in [7, 11) is 3.07. The first-order valence-electron chi connectivity index (χ1n) is 6.04. The largest absolute Gasteiger partial charge is 0.497 e. The molecular formula is C14H14N2O4S. The number of rotatable bonds is 4. The Bertz CT molecular complexity index is 755. The van der Waals surface area contributed by atoms with Crippen LogP contribution in [0.3, 0.4) is 0 Å². The van der Waals surface area contributed by atoms with Gasteiger partial charge in [0, 0.05) is 18.0 Å². The summed E-state index contributed by atoms with van der Waals surface area (Å²) < 4.78 is 12.3. The first kappa shape index (κ1) is 15.0. The number of carbonyl (C=O) groups is 1. The molecule has 21 heavy (non-hydrogen) atoms. The van der Waals surface area contributed by atoms with Crippen molar-refractivity contribution in [3.63, 3.8) is 0 Å². The lowest BCUT2D eigenvalue weighted by Crippen LogP contribution is -2.12. The molecule has 1 aromatic heterocycles. The van der Waals surface area contributed by atoms with E-state index in [1.807, 2.05) is 0 Å². The topological polar surface area (TPSA) is 73.6 Å². The third-order valence-corrected chi connectivity index (χ3v) is 3.37. The van der Waals surface area contributed by atoms with Crippen LogP contribution in [0.5, 0.6) is 11.5 Å². The van der Waals surface area contributed by atoms with Gasteiger partial charge in [-0.25, -0.2) is 9.78 Å². The van der Waals surface area contributed by atoms with E-state index in [0.717, 1.165) is 0 Å². The first-order chi connectivity index (χ1) is 9.99. The van der Waals surface area contributed by atoms with Gasteiger partial charge in [0.15, 0.2) is 0 Å². The van der Waals surface area contributed by atoms with Crippen molar-refractivity contribution < 1.29 is 19.4 Å². The van der Waals surface area contributed by atoms with Crippen LogP contribution >= 0.6 is 12.2 Å². The van der Waals surface area contributed by atoms with E-state index in [4.69, 9.17) is 21.7 Å². The zero-order valence-corrected chi connectivity index (χ0v) is 12.6. The normalized spacial score (nSPS) is 10.2. The van der Waals surface area contributed by atoms with E-state index in [1.54, 1.807) is 36.8 Å². The van der Waals surface area contributed by atoms with Crippen LogP contribution in [0.4, 0.5) is 0 Å². The van der Waals surface area contributed by atoms with Crippen LogP contribution in [-0.2, 0) is 0 Å². The van der Waals surface area contributed by atoms with Gasteiger partial charge in [-0.05, 0) is 31.3 Å². The monoisotopic (exact) mass is 306 g/mol. The summed E-state index contributed by atoms with van der Waals surface area (Å²) >= 11 is 5.21. The van der Waals surface area contributed by atoms with Gasteiger partial charge in [0.1, 0.15) is 11.5 Å². The summed E-state index contributed by atoms with van der Waals surface area (Å²) in [5.74, 6) is 0.0798. The maximum Gasteiger partial charge on any atom is 0.339 e. The molecule has 0 unspecified atom stereocenters. The van der Waals surface area contributed by atoms with E-state index in [9.17, 15) is 9.90 Å². The summed E-state index contributed by atoms with van der Waals surface area (Å²) in [6, 6.07) is 5.18. The zero-order valence-electron chi connectivity index (χ0n) is 11.8. The maximum atomic E-state index is 11.2. The summed E-state index contributed by atoms with van der Waals surface area (Å²) in [5, 5.41) is 9.20. The molecule has 0 bridgehead atoms. The van der Waals surface area contributed by atoms with Crippen molar-refractivity contribution in [2.75, 3.05) is 14.2 Å². The van der Waals surface area contributed by atoms with E-state index in [2.05, 4.69) is 4.98 Å². The highest BCUT2D eigenvalue weighted by molar-refractivity contribution is 7.71. The fourth-order valence-electron chi connectivity index (χ4n) is 2.00. The number of aromatic carboxylic acids is 1. The molecule has 0 aliphatic rings. The Kier molecular flexibility index (Phi) is 4.23. The van der Waals surface area contributed by atoms with Gasteiger partial charge in [0.2, 0.25) is 4.77 Å². The highest BCUT2D eigenvalue weighted by Gasteiger charge is 2.15. The van der Waals surface area contributed by atoms with Crippen LogP contribution in [0.2, 0.25) is 0 Å². The zero-order chi connectivity index (χ0) is 15.6. The van der Waals surface area contributed by atoms with E-state index >= 15 is 0 Å². The van der Waals surface area contributed by atoms with Crippen LogP contribution < -0.4 is 9.47 Å². The quantitative estimate of drug-likeness (QED) is 0.875. The van der Waals surface area contributed by atoms with Crippen LogP contribution in [0, 0.1) is 11.7 Å². The van der Waals surface area contributed by atoms with Gasteiger partial charge in [-0.15, -0.1) is 0 Å². The van der Waals surface area contributed by atoms with E-state index in [-0.39, 0.29) is 10.3 Å². The van der Waals surface area contributed by atoms with Crippen molar-refractivity contribution in [1.82, 2.24) is 9.55 Å². The third kappa shape index (κ3) is 2.73. The van der Waals surface area contributed by atoms with Crippen molar-refractivity contribution in [1.29, 1.82) is 0 Å². The standard InChI is InChI=1S/C14H14N2O4S/c1-8-10(13(17)18)7-15-14(21)16(8)11-5-4-9(19-2)6-12(11)20-3/h4-7H,1-3H3,(H,17,18). The number of ether oxygens (including phenoxy) is 2. The number of carboxylic acid groups (broad SMARTS) is 1. The van der Waals surface area contributed by atoms with Crippen molar-refractivity contribution in [3.05, 3.63) is 40.4 Å². The molecule has 110 valence electrons. The van der Waals surface area contributed by atoms with Gasteiger partial charge < -0.3 is 14.6 Å². The number of carboxylic acids is 1. The van der Waals surface area contributed by atoms with Crippen LogP contribution in [0.25, 0.3) is 5.69 Å². The molecule has 0 spiro atoms. The number of hydrogen-bond acceptors (Lipinski definition) is 5. The van der Waals surface area contributed by atoms with Crippen LogP contribution in [0.1, 0.15) is 16.1 Å². The van der Waals surface area contributed by atoms with Gasteiger partial charge in [-0.1, -0.05) is 0 Å². The minimum absolute atomic E-state index is 0.0847. The molecule has 0 aliphatic carbocycles. The molecule has 2 rings (SSSR count). The Balaban J connectivity index is 2.75. The second-order valence-electron chi connectivity index (χ2n) is 4.22. The average molecular weight is 306 g/mol. The Morgan fingerprint density at radius 1 is 1.33 bits per heavy atom. The Morgan fingerprint density at radius 3 is 2.62 bits per heavy atom. The lowest BCUT2D eigenvalue weighted by Gasteiger charge is -2.16. The lowest BCUT2D eigenvalue weighted by molar-refractivity contribution is 0.0694. The third-order valence-electron chi connectivity index (χ3n) is 3.08. The molecule has 0 saturated heterocycles. The number of methoxy groups -OCH3 is 2. The van der Waals surface area contributed by atoms with Crippen molar-refractivity contribution in [2.24, 2.45) is 0 Å². The molecule has 0 fully saturated rings. The molecule has 0 saturated carbocycles. The van der Waals surface area contributed by atoms with Gasteiger partial charge >= 0.3 is 5.97 Å². The summed E-state index contributed by atoms with van der Waals surface area (Å²) in [6.07, 6.45) is 1.26. The van der Waals surface area contributed by atoms with E-state index in [1.165, 1.54) is 13.3 Å². The molecule has 6 nitrogen and oxygen atoms in total. The molecule has 0 radical (unpaired) electrons. The SMILES string of the molecule is COc1ccc(-n2c(C)c(C(=O)O)cnc2=S)c(OC)c1. The van der Waals surface area contributed by atoms with Gasteiger partial charge in [-0.3, -0.25) is 4.57 Å². The molecule has 0 aliphatic heterocycles. The minimum Gasteiger partial charge on any atom is -0.497 e. The lowest BCUT2D eigenvalue weighted by atomic mass is 10.2. The molecule has 1 heterocycles. The van der Waals surface area contributed by atoms with Crippen LogP contribution in [0.15, 0.2) is 24.4 Å². The second kappa shape index (κ2) is 5.92. The summed E-state index contributed by atoms with van der Waals surface area (Å²) in [5.41, 5.74) is 1.17. The Morgan fingerprint density at radius 2 is 2.05 bits per heavy atom. The van der Waals surface area contributed by atoms with Crippen molar-refractivity contribution in [3.8, 4) is 17.2 Å². The highest BCUT2D eigenvalue weighted by Crippen LogP contribution is 2.29. The predicted octanol–water partition coefficient (Wildman–Crippen LogP) is 2.63. The first-order valence-corrected chi connectivity index (χ1v) is 6.44. The Labute approximate surface area is 126 Å². The van der Waals surface area contributed by atoms with E-state index in [0.29, 0.717) is 22.9 Å². The molecule has 2 aromatic rings. The predicted molar refractivity (Wildman–Crippen MR) is 79.2 cm³/mol. The van der Waals surface area contributed by atoms with E-state index < -0.39 is 5.97 Å². The smallest absolute Gasteiger partial charge is 0.339 e. The molecule has 0 atom stereocenters. The molecule has 7 heteroatoms. The number of benzene rings is 1. The number of aromatic nitrogens is 2. The number of hydrogen-bond donors (Lipinski definition) is 1. The second-order valence-corrected chi connectivity index (χ2v) is 4.58. The molecule has 1 aromatic carbocycles. The molecular weight excluding hydrogens is 292 g/mol. The summed E-state index contributed by atoms with van der Waals surface area (Å²) in [6.45, 7) is 1.67. The maximum absolute atomic E-state index is 11.2. The Hall–Kier alpha value is -2.41. The molecule has 0 amide bonds. The fraction of sp³-hybridized carbons (Fsp3) is 0.214. The van der Waals surface area contributed by atoms with Crippen molar-refractivity contribution >= 4 is 18.2 Å². The minimum atomic E-state index is -1.06.